The predicted octanol–water partition coefficient (Wildman–Crippen LogP) is 2.95. The summed E-state index contributed by atoms with van der Waals surface area (Å²) in [5.41, 5.74) is 0. The minimum atomic E-state index is -0.386. The number of ether oxygens (including phenoxy) is 1. The van der Waals surface area contributed by atoms with Gasteiger partial charge in [0, 0.05) is 0 Å². The van der Waals surface area contributed by atoms with E-state index in [1.807, 2.05) is 0 Å². The monoisotopic (exact) mass is 238 g/mol. The van der Waals surface area contributed by atoms with Crippen molar-refractivity contribution in [2.75, 3.05) is 0 Å². The quantitative estimate of drug-likeness (QED) is 0.420. The third kappa shape index (κ3) is 3.99. The fraction of sp³-hybridized carbons (Fsp3) is 0.714. The van der Waals surface area contributed by atoms with E-state index in [2.05, 4.69) is 44.6 Å². The minimum Gasteiger partial charge on any atom is -0.393 e. The molecule has 1 saturated heterocycles. The van der Waals surface area contributed by atoms with Crippen molar-refractivity contribution in [3.05, 3.63) is 12.2 Å². The van der Waals surface area contributed by atoms with Gasteiger partial charge in [0.15, 0.2) is 0 Å². The Morgan fingerprint density at radius 2 is 1.94 bits per heavy atom. The van der Waals surface area contributed by atoms with Gasteiger partial charge >= 0.3 is 11.9 Å². The van der Waals surface area contributed by atoms with Gasteiger partial charge in [-0.1, -0.05) is 39.8 Å². The highest BCUT2D eigenvalue weighted by atomic mass is 16.6. The first-order chi connectivity index (χ1) is 7.91. The molecule has 0 aliphatic carbocycles. The summed E-state index contributed by atoms with van der Waals surface area (Å²) in [6.45, 7) is 8.45. The molecule has 2 atom stereocenters. The number of allylic oxidation sites excluding steroid dienone is 2. The maximum absolute atomic E-state index is 11.6. The van der Waals surface area contributed by atoms with E-state index in [0.717, 1.165) is 6.42 Å². The molecule has 0 amide bonds. The first-order valence-corrected chi connectivity index (χ1v) is 6.33. The molecular formula is C14H22O3. The second-order valence-corrected chi connectivity index (χ2v) is 5.48. The van der Waals surface area contributed by atoms with E-state index < -0.39 is 0 Å². The number of hydrogen-bond donors (Lipinski definition) is 0. The largest absolute Gasteiger partial charge is 0.393 e. The second-order valence-electron chi connectivity index (χ2n) is 5.48. The lowest BCUT2D eigenvalue weighted by atomic mass is 9.82. The van der Waals surface area contributed by atoms with E-state index in [0.29, 0.717) is 11.8 Å². The van der Waals surface area contributed by atoms with Crippen LogP contribution in [0.4, 0.5) is 0 Å². The standard InChI is InChI=1S/C14H22O3/c1-9(2)6-5-7-11(10(3)4)12-8-13(15)17-14(12)16/h5,7,9-12H,6,8H2,1-4H3/b7-5-. The third-order valence-electron chi connectivity index (χ3n) is 3.10. The van der Waals surface area contributed by atoms with Gasteiger partial charge in [0.05, 0.1) is 12.3 Å². The van der Waals surface area contributed by atoms with Gasteiger partial charge in [0.1, 0.15) is 0 Å². The average molecular weight is 238 g/mol. The molecule has 0 aromatic carbocycles. The van der Waals surface area contributed by atoms with Gasteiger partial charge in [-0.2, -0.15) is 0 Å². The number of esters is 2. The summed E-state index contributed by atoms with van der Waals surface area (Å²) in [4.78, 5) is 22.7. The van der Waals surface area contributed by atoms with Crippen molar-refractivity contribution in [3.63, 3.8) is 0 Å². The Morgan fingerprint density at radius 1 is 1.29 bits per heavy atom. The van der Waals surface area contributed by atoms with Gasteiger partial charge < -0.3 is 4.74 Å². The Kier molecular flexibility index (Phi) is 4.91. The fourth-order valence-corrected chi connectivity index (χ4v) is 2.11. The van der Waals surface area contributed by atoms with Crippen molar-refractivity contribution in [1.29, 1.82) is 0 Å². The minimum absolute atomic E-state index is 0.104. The number of rotatable bonds is 5. The van der Waals surface area contributed by atoms with E-state index in [4.69, 9.17) is 0 Å². The number of carbonyl (C=O) groups excluding carboxylic acids is 2. The van der Waals surface area contributed by atoms with Crippen molar-refractivity contribution >= 4 is 11.9 Å². The number of hydrogen-bond acceptors (Lipinski definition) is 3. The molecule has 0 radical (unpaired) electrons. The van der Waals surface area contributed by atoms with Crippen LogP contribution < -0.4 is 0 Å². The molecule has 17 heavy (non-hydrogen) atoms. The predicted molar refractivity (Wildman–Crippen MR) is 66.1 cm³/mol. The van der Waals surface area contributed by atoms with Crippen LogP contribution in [0, 0.1) is 23.7 Å². The van der Waals surface area contributed by atoms with Crippen LogP contribution in [-0.2, 0) is 14.3 Å². The van der Waals surface area contributed by atoms with Gasteiger partial charge in [0.25, 0.3) is 0 Å². The number of carbonyl (C=O) groups is 2. The summed E-state index contributed by atoms with van der Waals surface area (Å²) in [5, 5.41) is 0. The Labute approximate surface area is 103 Å². The summed E-state index contributed by atoms with van der Waals surface area (Å²) in [6, 6.07) is 0. The molecular weight excluding hydrogens is 216 g/mol. The van der Waals surface area contributed by atoms with Gasteiger partial charge in [0.2, 0.25) is 0 Å². The molecule has 0 N–H and O–H groups in total. The average Bonchev–Trinajstić information content (AvgIpc) is 2.51. The first-order valence-electron chi connectivity index (χ1n) is 6.33. The molecule has 2 unspecified atom stereocenters. The Bertz CT molecular complexity index is 315. The van der Waals surface area contributed by atoms with E-state index >= 15 is 0 Å². The van der Waals surface area contributed by atoms with E-state index in [-0.39, 0.29) is 30.2 Å². The molecule has 0 saturated carbocycles. The van der Waals surface area contributed by atoms with Crippen molar-refractivity contribution < 1.29 is 14.3 Å². The van der Waals surface area contributed by atoms with Crippen LogP contribution in [-0.4, -0.2) is 11.9 Å². The molecule has 1 aliphatic heterocycles. The van der Waals surface area contributed by atoms with E-state index in [1.165, 1.54) is 0 Å². The maximum atomic E-state index is 11.6. The lowest BCUT2D eigenvalue weighted by Gasteiger charge is -2.20. The first kappa shape index (κ1) is 13.9. The van der Waals surface area contributed by atoms with Gasteiger partial charge in [-0.15, -0.1) is 0 Å². The van der Waals surface area contributed by atoms with Crippen LogP contribution in [0.1, 0.15) is 40.5 Å². The molecule has 3 nitrogen and oxygen atoms in total. The molecule has 0 aromatic heterocycles. The van der Waals surface area contributed by atoms with Crippen LogP contribution in [0.2, 0.25) is 0 Å². The molecule has 1 heterocycles. The van der Waals surface area contributed by atoms with Crippen molar-refractivity contribution in [2.45, 2.75) is 40.5 Å². The maximum Gasteiger partial charge on any atom is 0.317 e. The molecule has 1 rings (SSSR count). The highest BCUT2D eigenvalue weighted by Gasteiger charge is 2.39. The van der Waals surface area contributed by atoms with Crippen LogP contribution in [0.15, 0.2) is 12.2 Å². The SMILES string of the molecule is CC(C)C/C=C\C(C(C)C)C1CC(=O)OC1=O. The molecule has 1 fully saturated rings. The molecule has 3 heteroatoms. The summed E-state index contributed by atoms with van der Waals surface area (Å²) in [7, 11) is 0. The summed E-state index contributed by atoms with van der Waals surface area (Å²) in [6.07, 6.45) is 5.42. The van der Waals surface area contributed by atoms with Crippen molar-refractivity contribution in [1.82, 2.24) is 0 Å². The molecule has 0 spiro atoms. The molecule has 1 aliphatic rings. The van der Waals surface area contributed by atoms with Crippen LogP contribution in [0.25, 0.3) is 0 Å². The van der Waals surface area contributed by atoms with Crippen LogP contribution in [0.3, 0.4) is 0 Å². The zero-order chi connectivity index (χ0) is 13.0. The highest BCUT2D eigenvalue weighted by molar-refractivity contribution is 5.94. The molecule has 0 aromatic rings. The Morgan fingerprint density at radius 3 is 2.35 bits per heavy atom. The van der Waals surface area contributed by atoms with Crippen molar-refractivity contribution in [3.8, 4) is 0 Å². The van der Waals surface area contributed by atoms with Gasteiger partial charge in [-0.05, 0) is 24.2 Å². The van der Waals surface area contributed by atoms with Gasteiger partial charge in [-0.25, -0.2) is 0 Å². The zero-order valence-corrected chi connectivity index (χ0v) is 11.1. The zero-order valence-electron chi connectivity index (χ0n) is 11.1. The fourth-order valence-electron chi connectivity index (χ4n) is 2.11. The summed E-state index contributed by atoms with van der Waals surface area (Å²) in [5.74, 6) is 0.0162. The highest BCUT2D eigenvalue weighted by Crippen LogP contribution is 2.31. The topological polar surface area (TPSA) is 43.4 Å². The second kappa shape index (κ2) is 5.99. The van der Waals surface area contributed by atoms with Crippen molar-refractivity contribution in [2.24, 2.45) is 23.7 Å². The molecule has 96 valence electrons. The smallest absolute Gasteiger partial charge is 0.317 e. The number of cyclic esters (lactones) is 2. The summed E-state index contributed by atoms with van der Waals surface area (Å²) < 4.78 is 4.62. The van der Waals surface area contributed by atoms with E-state index in [9.17, 15) is 9.59 Å². The summed E-state index contributed by atoms with van der Waals surface area (Å²) >= 11 is 0. The van der Waals surface area contributed by atoms with Crippen LogP contribution >= 0.6 is 0 Å². The van der Waals surface area contributed by atoms with Crippen LogP contribution in [0.5, 0.6) is 0 Å². The lowest BCUT2D eigenvalue weighted by Crippen LogP contribution is -2.22. The molecule has 0 bridgehead atoms. The Hall–Kier alpha value is -1.12. The Balaban J connectivity index is 2.69. The lowest BCUT2D eigenvalue weighted by molar-refractivity contribution is -0.153. The third-order valence-corrected chi connectivity index (χ3v) is 3.10. The normalized spacial score (nSPS) is 22.8. The van der Waals surface area contributed by atoms with Gasteiger partial charge in [-0.3, -0.25) is 9.59 Å². The van der Waals surface area contributed by atoms with E-state index in [1.54, 1.807) is 0 Å².